The first-order valence-electron chi connectivity index (χ1n) is 4.18. The summed E-state index contributed by atoms with van der Waals surface area (Å²) in [6.07, 6.45) is 2.13. The molecule has 0 unspecified atom stereocenters. The molecule has 1 aliphatic rings. The van der Waals surface area contributed by atoms with Crippen LogP contribution in [0.2, 0.25) is 0 Å². The van der Waals surface area contributed by atoms with Crippen molar-refractivity contribution < 1.29 is 22.4 Å². The van der Waals surface area contributed by atoms with Gasteiger partial charge in [-0.1, -0.05) is 6.08 Å². The number of likely N-dealkylation sites (tertiary alicyclic amines) is 1. The number of rotatable bonds is 3. The molecule has 1 fully saturated rings. The van der Waals surface area contributed by atoms with Crippen molar-refractivity contribution in [3.8, 4) is 0 Å². The quantitative estimate of drug-likeness (QED) is 0.566. The van der Waals surface area contributed by atoms with E-state index in [4.69, 9.17) is 5.73 Å². The maximum Gasteiger partial charge on any atom is 0.323 e. The van der Waals surface area contributed by atoms with Gasteiger partial charge in [0.25, 0.3) is 0 Å². The summed E-state index contributed by atoms with van der Waals surface area (Å²) >= 11 is 0. The topological polar surface area (TPSA) is 46.3 Å². The predicted molar refractivity (Wildman–Crippen MR) is 44.7 cm³/mol. The average molecular weight is 226 g/mol. The highest BCUT2D eigenvalue weighted by molar-refractivity contribution is 5.85. The number of nitrogens with two attached hydrogens (primary N) is 1. The molecule has 0 bridgehead atoms. The highest BCUT2D eigenvalue weighted by Crippen LogP contribution is 2.40. The van der Waals surface area contributed by atoms with Gasteiger partial charge >= 0.3 is 11.8 Å². The molecule has 86 valence electrons. The van der Waals surface area contributed by atoms with Gasteiger partial charge < -0.3 is 5.73 Å². The molecule has 0 aromatic carbocycles. The van der Waals surface area contributed by atoms with Crippen molar-refractivity contribution in [2.45, 2.75) is 11.8 Å². The number of hydrogen-bond donors (Lipinski definition) is 1. The fourth-order valence-corrected chi connectivity index (χ4v) is 1.30. The summed E-state index contributed by atoms with van der Waals surface area (Å²) in [5.74, 6) is -8.76. The van der Waals surface area contributed by atoms with Gasteiger partial charge in [0.1, 0.15) is 0 Å². The van der Waals surface area contributed by atoms with Crippen molar-refractivity contribution in [2.24, 2.45) is 5.73 Å². The van der Waals surface area contributed by atoms with E-state index in [1.54, 1.807) is 0 Å². The molecule has 0 saturated carbocycles. The molecule has 0 aromatic rings. The molecule has 0 atom stereocenters. The van der Waals surface area contributed by atoms with Gasteiger partial charge in [0.05, 0.1) is 13.1 Å². The normalized spacial score (nSPS) is 24.8. The Labute approximate surface area is 83.5 Å². The maximum atomic E-state index is 12.7. The molecule has 2 N–H and O–H groups in total. The summed E-state index contributed by atoms with van der Waals surface area (Å²) in [6, 6.07) is 0. The van der Waals surface area contributed by atoms with E-state index in [0.29, 0.717) is 0 Å². The lowest BCUT2D eigenvalue weighted by atomic mass is 10.2. The fourth-order valence-electron chi connectivity index (χ4n) is 1.30. The van der Waals surface area contributed by atoms with Crippen LogP contribution in [0.1, 0.15) is 0 Å². The van der Waals surface area contributed by atoms with E-state index < -0.39 is 30.8 Å². The summed E-state index contributed by atoms with van der Waals surface area (Å²) in [5.41, 5.74) is 4.74. The van der Waals surface area contributed by atoms with Crippen LogP contribution in [0.5, 0.6) is 0 Å². The molecule has 0 aromatic heterocycles. The lowest BCUT2D eigenvalue weighted by Crippen LogP contribution is -2.38. The van der Waals surface area contributed by atoms with E-state index in [9.17, 15) is 22.4 Å². The summed E-state index contributed by atoms with van der Waals surface area (Å²) in [6.45, 7) is -2.17. The first-order valence-corrected chi connectivity index (χ1v) is 4.18. The lowest BCUT2D eigenvalue weighted by molar-refractivity contribution is -0.172. The van der Waals surface area contributed by atoms with Crippen molar-refractivity contribution in [3.63, 3.8) is 0 Å². The molecule has 1 amide bonds. The average Bonchev–Trinajstić information content (AvgIpc) is 2.19. The molecule has 1 aliphatic heterocycles. The standard InChI is InChI=1S/C8H10F4N2O/c9-7(10)4-14(5-8(7,11)12)3-1-2-6(13)15/h1-2H,3-5H2,(H2,13,15)/b2-1+. The summed E-state index contributed by atoms with van der Waals surface area (Å²) < 4.78 is 50.6. The molecule has 0 spiro atoms. The van der Waals surface area contributed by atoms with Crippen LogP contribution in [0.3, 0.4) is 0 Å². The number of halogens is 4. The Morgan fingerprint density at radius 1 is 1.27 bits per heavy atom. The SMILES string of the molecule is NC(=O)/C=C/CN1CC(F)(F)C(F)(F)C1. The fraction of sp³-hybridized carbons (Fsp3) is 0.625. The monoisotopic (exact) mass is 226 g/mol. The third kappa shape index (κ3) is 2.68. The Bertz CT molecular complexity index is 274. The second-order valence-electron chi connectivity index (χ2n) is 3.38. The number of primary amides is 1. The Hall–Kier alpha value is -1.11. The summed E-state index contributed by atoms with van der Waals surface area (Å²) in [5, 5.41) is 0. The number of hydrogen-bond acceptors (Lipinski definition) is 2. The highest BCUT2D eigenvalue weighted by Gasteiger charge is 2.62. The summed E-state index contributed by atoms with van der Waals surface area (Å²) in [4.78, 5) is 11.1. The zero-order valence-corrected chi connectivity index (χ0v) is 7.72. The largest absolute Gasteiger partial charge is 0.366 e. The Balaban J connectivity index is 2.53. The maximum absolute atomic E-state index is 12.7. The van der Waals surface area contributed by atoms with Gasteiger partial charge in [0, 0.05) is 6.54 Å². The Morgan fingerprint density at radius 3 is 2.13 bits per heavy atom. The van der Waals surface area contributed by atoms with E-state index in [2.05, 4.69) is 0 Å². The number of carbonyl (C=O) groups is 1. The second kappa shape index (κ2) is 3.80. The van der Waals surface area contributed by atoms with Crippen LogP contribution in [0, 0.1) is 0 Å². The van der Waals surface area contributed by atoms with Crippen LogP contribution in [-0.2, 0) is 4.79 Å². The van der Waals surface area contributed by atoms with Crippen LogP contribution in [-0.4, -0.2) is 42.3 Å². The molecule has 1 heterocycles. The van der Waals surface area contributed by atoms with Crippen molar-refractivity contribution >= 4 is 5.91 Å². The third-order valence-corrected chi connectivity index (χ3v) is 2.03. The van der Waals surface area contributed by atoms with Crippen molar-refractivity contribution in [1.82, 2.24) is 4.90 Å². The lowest BCUT2D eigenvalue weighted by Gasteiger charge is -2.15. The van der Waals surface area contributed by atoms with E-state index in [1.165, 1.54) is 6.08 Å². The van der Waals surface area contributed by atoms with Crippen LogP contribution in [0.15, 0.2) is 12.2 Å². The van der Waals surface area contributed by atoms with Crippen molar-refractivity contribution in [1.29, 1.82) is 0 Å². The highest BCUT2D eigenvalue weighted by atomic mass is 19.3. The van der Waals surface area contributed by atoms with Crippen molar-refractivity contribution in [3.05, 3.63) is 12.2 Å². The van der Waals surface area contributed by atoms with Gasteiger partial charge in [-0.05, 0) is 6.08 Å². The van der Waals surface area contributed by atoms with Gasteiger partial charge in [-0.25, -0.2) is 0 Å². The molecule has 15 heavy (non-hydrogen) atoms. The molecule has 1 saturated heterocycles. The zero-order chi connectivity index (χ0) is 11.7. The van der Waals surface area contributed by atoms with Crippen LogP contribution < -0.4 is 5.73 Å². The minimum absolute atomic E-state index is 0.145. The van der Waals surface area contributed by atoms with Gasteiger partial charge in [0.15, 0.2) is 0 Å². The van der Waals surface area contributed by atoms with E-state index in [-0.39, 0.29) is 6.54 Å². The zero-order valence-electron chi connectivity index (χ0n) is 7.72. The molecule has 3 nitrogen and oxygen atoms in total. The number of nitrogens with zero attached hydrogens (tertiary/aromatic N) is 1. The van der Waals surface area contributed by atoms with Gasteiger partial charge in [-0.2, -0.15) is 17.6 Å². The Morgan fingerprint density at radius 2 is 1.73 bits per heavy atom. The molecule has 7 heteroatoms. The second-order valence-corrected chi connectivity index (χ2v) is 3.38. The first-order chi connectivity index (χ1) is 6.74. The van der Waals surface area contributed by atoms with E-state index >= 15 is 0 Å². The number of carbonyl (C=O) groups excluding carboxylic acids is 1. The first kappa shape index (κ1) is 12.0. The smallest absolute Gasteiger partial charge is 0.323 e. The van der Waals surface area contributed by atoms with Crippen LogP contribution in [0.25, 0.3) is 0 Å². The Kier molecular flexibility index (Phi) is 3.03. The van der Waals surface area contributed by atoms with E-state index in [1.807, 2.05) is 0 Å². The molecular formula is C8H10F4N2O. The minimum Gasteiger partial charge on any atom is -0.366 e. The van der Waals surface area contributed by atoms with Gasteiger partial charge in [0.2, 0.25) is 5.91 Å². The third-order valence-electron chi connectivity index (χ3n) is 2.03. The number of alkyl halides is 4. The van der Waals surface area contributed by atoms with Gasteiger partial charge in [-0.3, -0.25) is 9.69 Å². The minimum atomic E-state index is -4.01. The predicted octanol–water partition coefficient (Wildman–Crippen LogP) is 0.614. The molecular weight excluding hydrogens is 216 g/mol. The summed E-state index contributed by atoms with van der Waals surface area (Å²) in [7, 11) is 0. The van der Waals surface area contributed by atoms with E-state index in [0.717, 1.165) is 11.0 Å². The molecule has 0 aliphatic carbocycles. The molecule has 0 radical (unpaired) electrons. The van der Waals surface area contributed by atoms with Gasteiger partial charge in [-0.15, -0.1) is 0 Å². The van der Waals surface area contributed by atoms with Crippen LogP contribution >= 0.6 is 0 Å². The van der Waals surface area contributed by atoms with Crippen molar-refractivity contribution in [2.75, 3.05) is 19.6 Å². The molecule has 1 rings (SSSR count). The number of amides is 1. The van der Waals surface area contributed by atoms with Crippen LogP contribution in [0.4, 0.5) is 17.6 Å².